The SMILES string of the molecule is O=C1C[C@H](c2ccc(Cl)cc2)n2nc(NC(=O)c3cccc(F)c3)nc2N1. The van der Waals surface area contributed by atoms with Gasteiger partial charge in [0.15, 0.2) is 0 Å². The molecule has 4 rings (SSSR count). The minimum Gasteiger partial charge on any atom is -0.295 e. The molecule has 2 N–H and O–H groups in total. The third kappa shape index (κ3) is 3.52. The Bertz CT molecular complexity index is 1030. The van der Waals surface area contributed by atoms with Gasteiger partial charge in [0, 0.05) is 10.6 Å². The van der Waals surface area contributed by atoms with Gasteiger partial charge in [-0.25, -0.2) is 9.07 Å². The minimum absolute atomic E-state index is 0.0143. The number of hydrogen-bond donors (Lipinski definition) is 2. The average molecular weight is 386 g/mol. The number of benzene rings is 2. The molecule has 1 atom stereocenters. The summed E-state index contributed by atoms with van der Waals surface area (Å²) in [6, 6.07) is 12.0. The lowest BCUT2D eigenvalue weighted by atomic mass is 10.0. The topological polar surface area (TPSA) is 88.9 Å². The second-order valence-electron chi connectivity index (χ2n) is 5.99. The number of nitrogens with one attached hydrogen (secondary N) is 2. The van der Waals surface area contributed by atoms with Gasteiger partial charge in [0.2, 0.25) is 11.9 Å². The van der Waals surface area contributed by atoms with Gasteiger partial charge in [0.25, 0.3) is 11.9 Å². The summed E-state index contributed by atoms with van der Waals surface area (Å²) in [5, 5.41) is 10.0. The lowest BCUT2D eigenvalue weighted by Crippen LogP contribution is -2.29. The van der Waals surface area contributed by atoms with Crippen molar-refractivity contribution in [1.82, 2.24) is 14.8 Å². The number of aromatic nitrogens is 3. The van der Waals surface area contributed by atoms with E-state index in [2.05, 4.69) is 20.7 Å². The Morgan fingerprint density at radius 2 is 2.04 bits per heavy atom. The lowest BCUT2D eigenvalue weighted by molar-refractivity contribution is -0.117. The summed E-state index contributed by atoms with van der Waals surface area (Å²) in [6.45, 7) is 0. The van der Waals surface area contributed by atoms with Crippen molar-refractivity contribution in [2.45, 2.75) is 12.5 Å². The zero-order valence-electron chi connectivity index (χ0n) is 13.8. The van der Waals surface area contributed by atoms with Crippen LogP contribution in [0.15, 0.2) is 48.5 Å². The van der Waals surface area contributed by atoms with Crippen LogP contribution in [0.3, 0.4) is 0 Å². The van der Waals surface area contributed by atoms with E-state index < -0.39 is 11.7 Å². The fourth-order valence-electron chi connectivity index (χ4n) is 2.86. The molecule has 0 aliphatic carbocycles. The maximum Gasteiger partial charge on any atom is 0.258 e. The number of fused-ring (bicyclic) bond motifs is 1. The molecule has 1 aliphatic heterocycles. The first-order valence-corrected chi connectivity index (χ1v) is 8.46. The van der Waals surface area contributed by atoms with E-state index >= 15 is 0 Å². The van der Waals surface area contributed by atoms with Gasteiger partial charge in [0.05, 0.1) is 12.5 Å². The van der Waals surface area contributed by atoms with Crippen LogP contribution in [-0.4, -0.2) is 26.6 Å². The molecule has 1 aromatic heterocycles. The average Bonchev–Trinajstić information content (AvgIpc) is 3.03. The molecule has 0 saturated heterocycles. The molecule has 1 aliphatic rings. The van der Waals surface area contributed by atoms with Gasteiger partial charge in [-0.05, 0) is 35.9 Å². The van der Waals surface area contributed by atoms with Crippen molar-refractivity contribution in [2.24, 2.45) is 0 Å². The van der Waals surface area contributed by atoms with E-state index in [9.17, 15) is 14.0 Å². The number of carbonyl (C=O) groups is 2. The van der Waals surface area contributed by atoms with E-state index in [1.54, 1.807) is 12.1 Å². The smallest absolute Gasteiger partial charge is 0.258 e. The third-order valence-electron chi connectivity index (χ3n) is 4.12. The van der Waals surface area contributed by atoms with Crippen molar-refractivity contribution >= 4 is 35.3 Å². The number of nitrogens with zero attached hydrogens (tertiary/aromatic N) is 3. The molecule has 2 aromatic carbocycles. The predicted octanol–water partition coefficient (Wildman–Crippen LogP) is 3.25. The zero-order chi connectivity index (χ0) is 19.0. The van der Waals surface area contributed by atoms with E-state index in [-0.39, 0.29) is 35.8 Å². The molecular weight excluding hydrogens is 373 g/mol. The highest BCUT2D eigenvalue weighted by Gasteiger charge is 2.29. The molecule has 9 heteroatoms. The summed E-state index contributed by atoms with van der Waals surface area (Å²) in [6.07, 6.45) is 0.176. The summed E-state index contributed by atoms with van der Waals surface area (Å²) in [7, 11) is 0. The molecule has 2 heterocycles. The van der Waals surface area contributed by atoms with Crippen molar-refractivity contribution in [1.29, 1.82) is 0 Å². The van der Waals surface area contributed by atoms with Gasteiger partial charge in [-0.3, -0.25) is 20.2 Å². The van der Waals surface area contributed by atoms with E-state index in [0.29, 0.717) is 5.02 Å². The second kappa shape index (κ2) is 6.81. The normalized spacial score (nSPS) is 15.8. The fraction of sp³-hybridized carbons (Fsp3) is 0.111. The largest absolute Gasteiger partial charge is 0.295 e. The fourth-order valence-corrected chi connectivity index (χ4v) is 2.99. The molecule has 0 saturated carbocycles. The Morgan fingerprint density at radius 1 is 1.26 bits per heavy atom. The van der Waals surface area contributed by atoms with Crippen LogP contribution >= 0.6 is 11.6 Å². The molecule has 0 fully saturated rings. The molecule has 3 aromatic rings. The van der Waals surface area contributed by atoms with Crippen LogP contribution in [0.4, 0.5) is 16.3 Å². The number of carbonyl (C=O) groups excluding carboxylic acids is 2. The highest BCUT2D eigenvalue weighted by Crippen LogP contribution is 2.30. The van der Waals surface area contributed by atoms with Crippen LogP contribution in [0, 0.1) is 5.82 Å². The maximum absolute atomic E-state index is 13.3. The van der Waals surface area contributed by atoms with Gasteiger partial charge < -0.3 is 0 Å². The summed E-state index contributed by atoms with van der Waals surface area (Å²) < 4.78 is 14.8. The molecule has 0 spiro atoms. The van der Waals surface area contributed by atoms with E-state index in [4.69, 9.17) is 11.6 Å². The monoisotopic (exact) mass is 385 g/mol. The molecule has 27 heavy (non-hydrogen) atoms. The number of halogens is 2. The van der Waals surface area contributed by atoms with E-state index in [0.717, 1.165) is 11.6 Å². The Hall–Kier alpha value is -3.26. The standard InChI is InChI=1S/C18H13ClFN5O2/c19-12-6-4-10(5-7-12)14-9-15(26)21-18-23-17(24-25(14)18)22-16(27)11-2-1-3-13(20)8-11/h1-8,14H,9H2,(H2,21,22,23,24,26,27)/t14-/m1/s1. The first kappa shape index (κ1) is 17.2. The lowest BCUT2D eigenvalue weighted by Gasteiger charge is -2.23. The van der Waals surface area contributed by atoms with Gasteiger partial charge in [-0.1, -0.05) is 29.8 Å². The third-order valence-corrected chi connectivity index (χ3v) is 4.38. The molecular formula is C18H13ClFN5O2. The number of hydrogen-bond acceptors (Lipinski definition) is 4. The molecule has 0 radical (unpaired) electrons. The van der Waals surface area contributed by atoms with E-state index in [1.165, 1.54) is 22.9 Å². The maximum atomic E-state index is 13.3. The Morgan fingerprint density at radius 3 is 2.78 bits per heavy atom. The highest BCUT2D eigenvalue weighted by atomic mass is 35.5. The Kier molecular flexibility index (Phi) is 4.33. The summed E-state index contributed by atoms with van der Waals surface area (Å²) in [5.74, 6) is -1.04. The van der Waals surface area contributed by atoms with Crippen LogP contribution in [0.25, 0.3) is 0 Å². The van der Waals surface area contributed by atoms with E-state index in [1.807, 2.05) is 12.1 Å². The van der Waals surface area contributed by atoms with Crippen molar-refractivity contribution in [3.05, 3.63) is 70.5 Å². The van der Waals surface area contributed by atoms with Crippen LogP contribution < -0.4 is 10.6 Å². The quantitative estimate of drug-likeness (QED) is 0.724. The number of anilines is 2. The van der Waals surface area contributed by atoms with Crippen LogP contribution in [0.2, 0.25) is 5.02 Å². The zero-order valence-corrected chi connectivity index (χ0v) is 14.6. The second-order valence-corrected chi connectivity index (χ2v) is 6.42. The van der Waals surface area contributed by atoms with Crippen LogP contribution in [-0.2, 0) is 4.79 Å². The van der Waals surface area contributed by atoms with Crippen molar-refractivity contribution < 1.29 is 14.0 Å². The summed E-state index contributed by atoms with van der Waals surface area (Å²) in [5.41, 5.74) is 0.976. The molecule has 7 nitrogen and oxygen atoms in total. The van der Waals surface area contributed by atoms with Gasteiger partial charge in [-0.2, -0.15) is 4.98 Å². The van der Waals surface area contributed by atoms with Crippen molar-refractivity contribution in [3.8, 4) is 0 Å². The predicted molar refractivity (Wildman–Crippen MR) is 97.2 cm³/mol. The molecule has 2 amide bonds. The summed E-state index contributed by atoms with van der Waals surface area (Å²) >= 11 is 5.92. The summed E-state index contributed by atoms with van der Waals surface area (Å²) in [4.78, 5) is 28.4. The molecule has 0 bridgehead atoms. The molecule has 0 unspecified atom stereocenters. The number of amides is 2. The van der Waals surface area contributed by atoms with Crippen molar-refractivity contribution in [2.75, 3.05) is 10.6 Å². The van der Waals surface area contributed by atoms with Gasteiger partial charge in [-0.15, -0.1) is 5.10 Å². The first-order chi connectivity index (χ1) is 13.0. The van der Waals surface area contributed by atoms with Crippen LogP contribution in [0.5, 0.6) is 0 Å². The first-order valence-electron chi connectivity index (χ1n) is 8.08. The Balaban J connectivity index is 1.63. The Labute approximate surface area is 158 Å². The van der Waals surface area contributed by atoms with Crippen molar-refractivity contribution in [3.63, 3.8) is 0 Å². The highest BCUT2D eigenvalue weighted by molar-refractivity contribution is 6.30. The number of rotatable bonds is 3. The van der Waals surface area contributed by atoms with Gasteiger partial charge >= 0.3 is 0 Å². The molecule has 136 valence electrons. The van der Waals surface area contributed by atoms with Crippen LogP contribution in [0.1, 0.15) is 28.4 Å². The van der Waals surface area contributed by atoms with Gasteiger partial charge in [0.1, 0.15) is 5.82 Å². The minimum atomic E-state index is -0.549.